The number of pyridine rings is 1. The monoisotopic (exact) mass is 291 g/mol. The molecule has 0 bridgehead atoms. The van der Waals surface area contributed by atoms with Gasteiger partial charge in [0.1, 0.15) is 0 Å². The second kappa shape index (κ2) is 6.11. The van der Waals surface area contributed by atoms with Gasteiger partial charge in [-0.05, 0) is 45.2 Å². The summed E-state index contributed by atoms with van der Waals surface area (Å²) < 4.78 is 0. The summed E-state index contributed by atoms with van der Waals surface area (Å²) in [7, 11) is 0. The number of amides is 2. The van der Waals surface area contributed by atoms with Gasteiger partial charge in [-0.25, -0.2) is 4.79 Å². The first-order valence-corrected chi connectivity index (χ1v) is 7.12. The van der Waals surface area contributed by atoms with Crippen molar-refractivity contribution < 1.29 is 14.7 Å². The van der Waals surface area contributed by atoms with Crippen molar-refractivity contribution in [3.05, 3.63) is 23.0 Å². The van der Waals surface area contributed by atoms with E-state index in [0.29, 0.717) is 25.1 Å². The lowest BCUT2D eigenvalue weighted by molar-refractivity contribution is -0.143. The molecule has 1 aromatic heterocycles. The van der Waals surface area contributed by atoms with E-state index in [2.05, 4.69) is 10.3 Å². The molecule has 1 saturated heterocycles. The third-order valence-corrected chi connectivity index (χ3v) is 3.82. The minimum Gasteiger partial charge on any atom is -0.481 e. The van der Waals surface area contributed by atoms with Crippen molar-refractivity contribution in [2.45, 2.75) is 33.6 Å². The van der Waals surface area contributed by atoms with Crippen LogP contribution in [0.3, 0.4) is 0 Å². The van der Waals surface area contributed by atoms with Gasteiger partial charge in [-0.1, -0.05) is 0 Å². The maximum atomic E-state index is 12.3. The molecular weight excluding hydrogens is 270 g/mol. The molecule has 2 amide bonds. The molecule has 1 aromatic rings. The molecule has 2 N–H and O–H groups in total. The zero-order valence-corrected chi connectivity index (χ0v) is 12.6. The van der Waals surface area contributed by atoms with Crippen molar-refractivity contribution in [2.24, 2.45) is 5.92 Å². The summed E-state index contributed by atoms with van der Waals surface area (Å²) in [6.07, 6.45) is 1.34. The predicted octanol–water partition coefficient (Wildman–Crippen LogP) is 2.34. The summed E-state index contributed by atoms with van der Waals surface area (Å²) in [4.78, 5) is 29.3. The zero-order chi connectivity index (χ0) is 15.6. The van der Waals surface area contributed by atoms with Crippen LogP contribution in [0.1, 0.15) is 29.8 Å². The van der Waals surface area contributed by atoms with Gasteiger partial charge in [0.15, 0.2) is 0 Å². The van der Waals surface area contributed by atoms with Gasteiger partial charge in [0.25, 0.3) is 0 Å². The number of aryl methyl sites for hydroxylation is 3. The first kappa shape index (κ1) is 15.3. The number of nitrogens with one attached hydrogen (secondary N) is 1. The fraction of sp³-hybridized carbons (Fsp3) is 0.533. The highest BCUT2D eigenvalue weighted by atomic mass is 16.4. The van der Waals surface area contributed by atoms with Gasteiger partial charge < -0.3 is 15.3 Å². The standard InChI is InChI=1S/C15H21N3O3/c1-9-7-10(2)16-11(3)13(9)17-15(21)18-6-4-5-12(8-18)14(19)20/h7,12H,4-6,8H2,1-3H3,(H,17,21)(H,19,20). The van der Waals surface area contributed by atoms with E-state index in [1.807, 2.05) is 26.8 Å². The number of aromatic nitrogens is 1. The lowest BCUT2D eigenvalue weighted by Gasteiger charge is -2.31. The molecule has 2 rings (SSSR count). The number of carbonyl (C=O) groups is 2. The highest BCUT2D eigenvalue weighted by molar-refractivity contribution is 5.91. The molecule has 1 aliphatic rings. The van der Waals surface area contributed by atoms with Crippen molar-refractivity contribution >= 4 is 17.7 Å². The third-order valence-electron chi connectivity index (χ3n) is 3.82. The smallest absolute Gasteiger partial charge is 0.321 e. The maximum absolute atomic E-state index is 12.3. The third kappa shape index (κ3) is 3.51. The molecule has 1 fully saturated rings. The molecule has 1 unspecified atom stereocenters. The second-order valence-electron chi connectivity index (χ2n) is 5.59. The summed E-state index contributed by atoms with van der Waals surface area (Å²) in [6.45, 7) is 6.54. The Morgan fingerprint density at radius 3 is 2.71 bits per heavy atom. The Morgan fingerprint density at radius 2 is 2.10 bits per heavy atom. The van der Waals surface area contributed by atoms with Crippen LogP contribution in [0.4, 0.5) is 10.5 Å². The Labute approximate surface area is 124 Å². The van der Waals surface area contributed by atoms with Crippen molar-refractivity contribution in [1.82, 2.24) is 9.88 Å². The van der Waals surface area contributed by atoms with Gasteiger partial charge in [0.2, 0.25) is 0 Å². The Morgan fingerprint density at radius 1 is 1.38 bits per heavy atom. The van der Waals surface area contributed by atoms with Crippen LogP contribution in [0.15, 0.2) is 6.07 Å². The van der Waals surface area contributed by atoms with Gasteiger partial charge in [-0.3, -0.25) is 9.78 Å². The van der Waals surface area contributed by atoms with Crippen molar-refractivity contribution in [3.8, 4) is 0 Å². The van der Waals surface area contributed by atoms with Crippen molar-refractivity contribution in [1.29, 1.82) is 0 Å². The number of carbonyl (C=O) groups excluding carboxylic acids is 1. The lowest BCUT2D eigenvalue weighted by Crippen LogP contribution is -2.44. The van der Waals surface area contributed by atoms with E-state index in [-0.39, 0.29) is 12.6 Å². The van der Waals surface area contributed by atoms with Crippen LogP contribution in [-0.4, -0.2) is 40.1 Å². The fourth-order valence-electron chi connectivity index (χ4n) is 2.76. The fourth-order valence-corrected chi connectivity index (χ4v) is 2.76. The maximum Gasteiger partial charge on any atom is 0.321 e. The summed E-state index contributed by atoms with van der Waals surface area (Å²) in [5.74, 6) is -1.31. The number of rotatable bonds is 2. The molecule has 0 spiro atoms. The Balaban J connectivity index is 2.10. The van der Waals surface area contributed by atoms with Crippen molar-refractivity contribution in [2.75, 3.05) is 18.4 Å². The Hall–Kier alpha value is -2.11. The van der Waals surface area contributed by atoms with E-state index < -0.39 is 11.9 Å². The van der Waals surface area contributed by atoms with E-state index in [9.17, 15) is 9.59 Å². The molecule has 0 aliphatic carbocycles. The summed E-state index contributed by atoms with van der Waals surface area (Å²) >= 11 is 0. The number of nitrogens with zero attached hydrogens (tertiary/aromatic N) is 2. The molecule has 0 radical (unpaired) electrons. The number of anilines is 1. The van der Waals surface area contributed by atoms with Crippen LogP contribution < -0.4 is 5.32 Å². The molecule has 6 heteroatoms. The van der Waals surface area contributed by atoms with Gasteiger partial charge >= 0.3 is 12.0 Å². The van der Waals surface area contributed by atoms with Gasteiger partial charge in [0, 0.05) is 18.8 Å². The Bertz CT molecular complexity index is 548. The van der Waals surface area contributed by atoms with Gasteiger partial charge in [-0.15, -0.1) is 0 Å². The van der Waals surface area contributed by atoms with Crippen LogP contribution in [-0.2, 0) is 4.79 Å². The van der Waals surface area contributed by atoms with Gasteiger partial charge in [0.05, 0.1) is 17.3 Å². The normalized spacial score (nSPS) is 18.4. The van der Waals surface area contributed by atoms with Crippen LogP contribution >= 0.6 is 0 Å². The predicted molar refractivity (Wildman–Crippen MR) is 79.4 cm³/mol. The molecule has 21 heavy (non-hydrogen) atoms. The molecular formula is C15H21N3O3. The quantitative estimate of drug-likeness (QED) is 0.876. The zero-order valence-electron chi connectivity index (χ0n) is 12.6. The second-order valence-corrected chi connectivity index (χ2v) is 5.59. The molecule has 1 aliphatic heterocycles. The first-order valence-electron chi connectivity index (χ1n) is 7.12. The summed E-state index contributed by atoms with van der Waals surface area (Å²) in [5, 5.41) is 11.9. The number of hydrogen-bond donors (Lipinski definition) is 2. The number of piperidine rings is 1. The number of aliphatic carboxylic acids is 1. The average Bonchev–Trinajstić information content (AvgIpc) is 2.42. The minimum absolute atomic E-state index is 0.252. The number of carboxylic acids is 1. The van der Waals surface area contributed by atoms with E-state index in [1.54, 1.807) is 4.90 Å². The van der Waals surface area contributed by atoms with E-state index in [4.69, 9.17) is 5.11 Å². The van der Waals surface area contributed by atoms with E-state index in [1.165, 1.54) is 0 Å². The topological polar surface area (TPSA) is 82.5 Å². The molecule has 0 aromatic carbocycles. The lowest BCUT2D eigenvalue weighted by atomic mass is 9.99. The highest BCUT2D eigenvalue weighted by Gasteiger charge is 2.28. The number of urea groups is 1. The van der Waals surface area contributed by atoms with Crippen LogP contribution in [0.25, 0.3) is 0 Å². The van der Waals surface area contributed by atoms with Crippen LogP contribution in [0, 0.1) is 26.7 Å². The average molecular weight is 291 g/mol. The number of carboxylic acid groups (broad SMARTS) is 1. The van der Waals surface area contributed by atoms with E-state index >= 15 is 0 Å². The summed E-state index contributed by atoms with van der Waals surface area (Å²) in [6, 6.07) is 1.66. The largest absolute Gasteiger partial charge is 0.481 e. The van der Waals surface area contributed by atoms with Crippen LogP contribution in [0.2, 0.25) is 0 Å². The summed E-state index contributed by atoms with van der Waals surface area (Å²) in [5.41, 5.74) is 3.35. The van der Waals surface area contributed by atoms with Gasteiger partial charge in [-0.2, -0.15) is 0 Å². The molecule has 1 atom stereocenters. The molecule has 6 nitrogen and oxygen atoms in total. The SMILES string of the molecule is Cc1cc(C)c(NC(=O)N2CCCC(C(=O)O)C2)c(C)n1. The number of hydrogen-bond acceptors (Lipinski definition) is 3. The van der Waals surface area contributed by atoms with E-state index in [0.717, 1.165) is 17.0 Å². The Kier molecular flexibility index (Phi) is 4.45. The highest BCUT2D eigenvalue weighted by Crippen LogP contribution is 2.22. The molecule has 114 valence electrons. The molecule has 2 heterocycles. The number of likely N-dealkylation sites (tertiary alicyclic amines) is 1. The molecule has 0 saturated carbocycles. The first-order chi connectivity index (χ1) is 9.88. The minimum atomic E-state index is -0.836. The van der Waals surface area contributed by atoms with Crippen molar-refractivity contribution in [3.63, 3.8) is 0 Å². The van der Waals surface area contributed by atoms with Crippen LogP contribution in [0.5, 0.6) is 0 Å².